The van der Waals surface area contributed by atoms with Gasteiger partial charge in [0.25, 0.3) is 5.91 Å². The fourth-order valence-corrected chi connectivity index (χ4v) is 4.07. The molecule has 1 aliphatic rings. The number of carbonyl (C=O) groups excluding carboxylic acids is 1. The zero-order chi connectivity index (χ0) is 19.0. The minimum absolute atomic E-state index is 0.0139. The molecule has 0 bridgehead atoms. The lowest BCUT2D eigenvalue weighted by Crippen LogP contribution is -2.30. The lowest BCUT2D eigenvalue weighted by Gasteiger charge is -2.17. The average Bonchev–Trinajstić information content (AvgIpc) is 3.26. The number of β-amino-alcohol motifs (C(OH)–C–C–N with tert-alkyl or cyclic N) is 1. The van der Waals surface area contributed by atoms with Crippen molar-refractivity contribution >= 4 is 33.5 Å². The van der Waals surface area contributed by atoms with Crippen LogP contribution >= 0.6 is 11.3 Å². The van der Waals surface area contributed by atoms with Crippen molar-refractivity contribution in [2.24, 2.45) is 0 Å². The number of fused-ring (bicyclic) bond motifs is 1. The van der Waals surface area contributed by atoms with Crippen LogP contribution in [-0.4, -0.2) is 50.1 Å². The molecule has 2 N–H and O–H groups in total. The van der Waals surface area contributed by atoms with Gasteiger partial charge in [-0.25, -0.2) is 9.97 Å². The number of nitrogens with one attached hydrogen (secondary N) is 1. The number of aromatic nitrogens is 3. The molecule has 27 heavy (non-hydrogen) atoms. The Balaban J connectivity index is 1.69. The first-order chi connectivity index (χ1) is 13.0. The molecule has 1 aromatic carbocycles. The number of carbonyl (C=O) groups is 1. The Morgan fingerprint density at radius 3 is 2.78 bits per heavy atom. The summed E-state index contributed by atoms with van der Waals surface area (Å²) in [6.07, 6.45) is 0.128. The van der Waals surface area contributed by atoms with Gasteiger partial charge < -0.3 is 15.3 Å². The molecule has 7 nitrogen and oxygen atoms in total. The van der Waals surface area contributed by atoms with E-state index in [2.05, 4.69) is 20.3 Å². The van der Waals surface area contributed by atoms with Crippen molar-refractivity contribution in [3.63, 3.8) is 0 Å². The number of nitrogens with zero attached hydrogens (tertiary/aromatic N) is 4. The Kier molecular flexibility index (Phi) is 4.75. The number of rotatable bonds is 4. The van der Waals surface area contributed by atoms with E-state index in [1.165, 1.54) is 11.3 Å². The summed E-state index contributed by atoms with van der Waals surface area (Å²) in [5, 5.41) is 13.9. The number of hydrogen-bond donors (Lipinski definition) is 2. The van der Waals surface area contributed by atoms with Gasteiger partial charge in [-0.15, -0.1) is 11.3 Å². The number of thiazole rings is 1. The Hall–Kier alpha value is -2.58. The summed E-state index contributed by atoms with van der Waals surface area (Å²) >= 11 is 1.42. The highest BCUT2D eigenvalue weighted by Crippen LogP contribution is 2.27. The summed E-state index contributed by atoms with van der Waals surface area (Å²) < 4.78 is 0.691. The molecule has 0 aliphatic carbocycles. The number of likely N-dealkylation sites (tertiary alicyclic amines) is 1. The topological polar surface area (TPSA) is 91.2 Å². The molecule has 4 rings (SSSR count). The Morgan fingerprint density at radius 1 is 1.30 bits per heavy atom. The van der Waals surface area contributed by atoms with Gasteiger partial charge in [-0.05, 0) is 25.8 Å². The maximum Gasteiger partial charge on any atom is 0.274 e. The van der Waals surface area contributed by atoms with Gasteiger partial charge in [0.05, 0.1) is 17.2 Å². The van der Waals surface area contributed by atoms with Crippen molar-refractivity contribution in [3.8, 4) is 0 Å². The van der Waals surface area contributed by atoms with E-state index in [0.717, 1.165) is 10.6 Å². The predicted molar refractivity (Wildman–Crippen MR) is 105 cm³/mol. The number of amides is 1. The van der Waals surface area contributed by atoms with Crippen molar-refractivity contribution in [1.29, 1.82) is 0 Å². The molecule has 3 aromatic rings. The van der Waals surface area contributed by atoms with E-state index in [4.69, 9.17) is 0 Å². The molecule has 140 valence electrons. The number of hydrogen-bond acceptors (Lipinski definition) is 7. The number of aryl methyl sites for hydroxylation is 1. The van der Waals surface area contributed by atoms with Crippen LogP contribution in [0.15, 0.2) is 30.3 Å². The summed E-state index contributed by atoms with van der Waals surface area (Å²) in [5.74, 6) is 0.199. The highest BCUT2D eigenvalue weighted by atomic mass is 32.1. The first kappa shape index (κ1) is 17.8. The third-order valence-corrected chi connectivity index (χ3v) is 5.63. The molecule has 1 saturated heterocycles. The molecular formula is C19H21N5O2S. The molecule has 1 fully saturated rings. The van der Waals surface area contributed by atoms with E-state index in [9.17, 15) is 9.90 Å². The summed E-state index contributed by atoms with van der Waals surface area (Å²) in [4.78, 5) is 28.1. The maximum atomic E-state index is 13.0. The second-order valence-corrected chi connectivity index (χ2v) is 7.96. The molecule has 3 heterocycles. The SMILES string of the molecule is Cc1nc2nc(N[C@@H](C)c3ccccc3)nc(C(=O)N3CC[C@@H](O)C3)c2s1. The number of aliphatic hydroxyl groups excluding tert-OH is 1. The fraction of sp³-hybridized carbons (Fsp3) is 0.368. The first-order valence-electron chi connectivity index (χ1n) is 8.95. The zero-order valence-electron chi connectivity index (χ0n) is 15.2. The van der Waals surface area contributed by atoms with Crippen LogP contribution in [-0.2, 0) is 0 Å². The van der Waals surface area contributed by atoms with Crippen molar-refractivity contribution in [1.82, 2.24) is 19.9 Å². The molecular weight excluding hydrogens is 362 g/mol. The molecule has 2 atom stereocenters. The van der Waals surface area contributed by atoms with Crippen LogP contribution in [0.3, 0.4) is 0 Å². The van der Waals surface area contributed by atoms with Gasteiger partial charge in [-0.2, -0.15) is 4.98 Å². The van der Waals surface area contributed by atoms with Crippen molar-refractivity contribution in [2.75, 3.05) is 18.4 Å². The third-order valence-electron chi connectivity index (χ3n) is 4.66. The van der Waals surface area contributed by atoms with Gasteiger partial charge in [0.1, 0.15) is 4.70 Å². The quantitative estimate of drug-likeness (QED) is 0.720. The Morgan fingerprint density at radius 2 is 2.07 bits per heavy atom. The van der Waals surface area contributed by atoms with Crippen LogP contribution in [0.1, 0.15) is 40.4 Å². The maximum absolute atomic E-state index is 13.0. The van der Waals surface area contributed by atoms with Gasteiger partial charge in [-0.3, -0.25) is 4.79 Å². The monoisotopic (exact) mass is 383 g/mol. The van der Waals surface area contributed by atoms with Gasteiger partial charge in [0, 0.05) is 13.1 Å². The van der Waals surface area contributed by atoms with E-state index in [-0.39, 0.29) is 11.9 Å². The number of anilines is 1. The van der Waals surface area contributed by atoms with Crippen molar-refractivity contribution in [2.45, 2.75) is 32.4 Å². The largest absolute Gasteiger partial charge is 0.391 e. The van der Waals surface area contributed by atoms with E-state index in [1.807, 2.05) is 44.2 Å². The standard InChI is InChI=1S/C19H21N5O2S/c1-11(13-6-4-3-5-7-13)20-19-22-15(16-17(23-19)21-12(2)27-16)18(26)24-9-8-14(25)10-24/h3-7,11,14,25H,8-10H2,1-2H3,(H,20,22,23)/t11-,14+/m0/s1. The van der Waals surface area contributed by atoms with Crippen molar-refractivity contribution in [3.05, 3.63) is 46.6 Å². The Bertz CT molecular complexity index is 975. The van der Waals surface area contributed by atoms with E-state index >= 15 is 0 Å². The first-order valence-corrected chi connectivity index (χ1v) is 9.77. The Labute approximate surface area is 161 Å². The summed E-state index contributed by atoms with van der Waals surface area (Å²) in [6, 6.07) is 9.98. The molecule has 1 amide bonds. The van der Waals surface area contributed by atoms with Gasteiger partial charge in [0.15, 0.2) is 11.3 Å². The van der Waals surface area contributed by atoms with Crippen LogP contribution in [0, 0.1) is 6.92 Å². The predicted octanol–water partition coefficient (Wildman–Crippen LogP) is 2.77. The molecule has 0 saturated carbocycles. The van der Waals surface area contributed by atoms with Crippen LogP contribution < -0.4 is 5.32 Å². The van der Waals surface area contributed by atoms with E-state index in [0.29, 0.717) is 41.5 Å². The van der Waals surface area contributed by atoms with Crippen LogP contribution in [0.5, 0.6) is 0 Å². The highest BCUT2D eigenvalue weighted by molar-refractivity contribution is 7.18. The highest BCUT2D eigenvalue weighted by Gasteiger charge is 2.29. The molecule has 8 heteroatoms. The molecule has 1 aliphatic heterocycles. The lowest BCUT2D eigenvalue weighted by molar-refractivity contribution is 0.0761. The summed E-state index contributed by atoms with van der Waals surface area (Å²) in [5.41, 5.74) is 1.98. The third kappa shape index (κ3) is 3.63. The fourth-order valence-electron chi connectivity index (χ4n) is 3.23. The van der Waals surface area contributed by atoms with Crippen molar-refractivity contribution < 1.29 is 9.90 Å². The van der Waals surface area contributed by atoms with Crippen LogP contribution in [0.2, 0.25) is 0 Å². The minimum Gasteiger partial charge on any atom is -0.391 e. The summed E-state index contributed by atoms with van der Waals surface area (Å²) in [6.45, 7) is 4.78. The molecule has 0 spiro atoms. The van der Waals surface area contributed by atoms with Gasteiger partial charge in [0.2, 0.25) is 5.95 Å². The van der Waals surface area contributed by atoms with Gasteiger partial charge >= 0.3 is 0 Å². The second-order valence-electron chi connectivity index (χ2n) is 6.75. The number of aliphatic hydroxyl groups is 1. The van der Waals surface area contributed by atoms with Gasteiger partial charge in [-0.1, -0.05) is 30.3 Å². The minimum atomic E-state index is -0.467. The molecule has 2 aromatic heterocycles. The normalized spacial score (nSPS) is 18.0. The average molecular weight is 383 g/mol. The van der Waals surface area contributed by atoms with Crippen LogP contribution in [0.4, 0.5) is 5.95 Å². The smallest absolute Gasteiger partial charge is 0.274 e. The van der Waals surface area contributed by atoms with Crippen LogP contribution in [0.25, 0.3) is 10.3 Å². The van der Waals surface area contributed by atoms with E-state index < -0.39 is 6.10 Å². The summed E-state index contributed by atoms with van der Waals surface area (Å²) in [7, 11) is 0. The molecule has 0 unspecified atom stereocenters. The molecule has 0 radical (unpaired) electrons. The van der Waals surface area contributed by atoms with E-state index in [1.54, 1.807) is 4.90 Å². The zero-order valence-corrected chi connectivity index (χ0v) is 16.0. The lowest BCUT2D eigenvalue weighted by atomic mass is 10.1. The number of benzene rings is 1. The second kappa shape index (κ2) is 7.21.